The van der Waals surface area contributed by atoms with Crippen molar-refractivity contribution in [3.63, 3.8) is 0 Å². The molecular formula is C14H15F3N4OS. The summed E-state index contributed by atoms with van der Waals surface area (Å²) in [5.41, 5.74) is 7.07. The van der Waals surface area contributed by atoms with Crippen LogP contribution >= 0.6 is 11.3 Å². The van der Waals surface area contributed by atoms with Crippen molar-refractivity contribution < 1.29 is 17.9 Å². The molecule has 0 radical (unpaired) electrons. The number of nitrogens with two attached hydrogens (primary N) is 1. The predicted octanol–water partition coefficient (Wildman–Crippen LogP) is 3.53. The molecule has 1 heterocycles. The Bertz CT molecular complexity index is 667. The van der Waals surface area contributed by atoms with E-state index in [1.165, 1.54) is 24.3 Å². The first kappa shape index (κ1) is 17.1. The molecule has 0 bridgehead atoms. The van der Waals surface area contributed by atoms with Crippen molar-refractivity contribution in [3.05, 3.63) is 40.3 Å². The fraction of sp³-hybridized carbons (Fsp3) is 0.286. The molecule has 0 aliphatic rings. The molecule has 0 aliphatic heterocycles. The molecule has 0 atom stereocenters. The molecule has 1 aromatic heterocycles. The minimum Gasteiger partial charge on any atom is -0.406 e. The van der Waals surface area contributed by atoms with E-state index in [0.29, 0.717) is 12.2 Å². The standard InChI is InChI=1S/C14H15F3N4OS/c1-2-12-20-10(8-23-12)7-19-13(18)21-9-3-5-11(6-4-9)22-14(15,16)17/h3-6,8H,2,7H2,1H3,(H3,18,19,21). The Morgan fingerprint density at radius 2 is 2.04 bits per heavy atom. The van der Waals surface area contributed by atoms with Gasteiger partial charge in [0.2, 0.25) is 0 Å². The van der Waals surface area contributed by atoms with Gasteiger partial charge in [-0.1, -0.05) is 6.92 Å². The van der Waals surface area contributed by atoms with E-state index in [2.05, 4.69) is 20.0 Å². The second-order valence-corrected chi connectivity index (χ2v) is 5.43. The number of aliphatic imine (C=N–C) groups is 1. The fourth-order valence-electron chi connectivity index (χ4n) is 1.68. The van der Waals surface area contributed by atoms with Gasteiger partial charge in [-0.05, 0) is 30.7 Å². The molecule has 5 nitrogen and oxygen atoms in total. The summed E-state index contributed by atoms with van der Waals surface area (Å²) in [6, 6.07) is 5.22. The van der Waals surface area contributed by atoms with E-state index in [1.807, 2.05) is 12.3 Å². The Morgan fingerprint density at radius 1 is 1.35 bits per heavy atom. The normalized spacial score (nSPS) is 12.3. The quantitative estimate of drug-likeness (QED) is 0.643. The van der Waals surface area contributed by atoms with Crippen molar-refractivity contribution in [2.24, 2.45) is 10.7 Å². The summed E-state index contributed by atoms with van der Waals surface area (Å²) in [6.45, 7) is 2.36. The Labute approximate surface area is 135 Å². The number of rotatable bonds is 5. The summed E-state index contributed by atoms with van der Waals surface area (Å²) < 4.78 is 40.0. The lowest BCUT2D eigenvalue weighted by Crippen LogP contribution is -2.22. The summed E-state index contributed by atoms with van der Waals surface area (Å²) >= 11 is 1.56. The maximum Gasteiger partial charge on any atom is 0.573 e. The first-order valence-electron chi connectivity index (χ1n) is 6.72. The largest absolute Gasteiger partial charge is 0.573 e. The monoisotopic (exact) mass is 344 g/mol. The number of alkyl halides is 3. The summed E-state index contributed by atoms with van der Waals surface area (Å²) in [7, 11) is 0. The van der Waals surface area contributed by atoms with Gasteiger partial charge in [-0.15, -0.1) is 24.5 Å². The minimum absolute atomic E-state index is 0.153. The number of aryl methyl sites for hydroxylation is 1. The number of hydrogen-bond acceptors (Lipinski definition) is 4. The Morgan fingerprint density at radius 3 is 2.61 bits per heavy atom. The van der Waals surface area contributed by atoms with Crippen molar-refractivity contribution in [2.75, 3.05) is 5.32 Å². The molecule has 124 valence electrons. The van der Waals surface area contributed by atoms with E-state index in [0.717, 1.165) is 17.1 Å². The maximum absolute atomic E-state index is 12.1. The van der Waals surface area contributed by atoms with Gasteiger partial charge in [-0.25, -0.2) is 9.98 Å². The zero-order chi connectivity index (χ0) is 16.9. The Balaban J connectivity index is 1.91. The van der Waals surface area contributed by atoms with Gasteiger partial charge in [0.15, 0.2) is 5.96 Å². The molecule has 0 unspecified atom stereocenters. The molecule has 0 saturated heterocycles. The van der Waals surface area contributed by atoms with Crippen LogP contribution in [0.2, 0.25) is 0 Å². The SMILES string of the molecule is CCc1nc(CN=C(N)Nc2ccc(OC(F)(F)F)cc2)cs1. The van der Waals surface area contributed by atoms with Crippen LogP contribution in [0, 0.1) is 0 Å². The van der Waals surface area contributed by atoms with E-state index in [-0.39, 0.29) is 11.7 Å². The average molecular weight is 344 g/mol. The second-order valence-electron chi connectivity index (χ2n) is 4.48. The van der Waals surface area contributed by atoms with Crippen molar-refractivity contribution in [2.45, 2.75) is 26.3 Å². The summed E-state index contributed by atoms with van der Waals surface area (Å²) in [4.78, 5) is 8.49. The van der Waals surface area contributed by atoms with E-state index < -0.39 is 6.36 Å². The molecule has 3 N–H and O–H groups in total. The van der Waals surface area contributed by atoms with Crippen LogP contribution in [-0.4, -0.2) is 17.3 Å². The number of halogens is 3. The number of ether oxygens (including phenoxy) is 1. The second kappa shape index (κ2) is 7.32. The van der Waals surface area contributed by atoms with Crippen molar-refractivity contribution >= 4 is 23.0 Å². The summed E-state index contributed by atoms with van der Waals surface area (Å²) in [6.07, 6.45) is -3.84. The molecule has 1 aromatic carbocycles. The lowest BCUT2D eigenvalue weighted by molar-refractivity contribution is -0.274. The first-order chi connectivity index (χ1) is 10.9. The minimum atomic E-state index is -4.71. The zero-order valence-corrected chi connectivity index (χ0v) is 13.0. The summed E-state index contributed by atoms with van der Waals surface area (Å²) in [5.74, 6) is -0.145. The van der Waals surface area contributed by atoms with Crippen LogP contribution in [0.25, 0.3) is 0 Å². The smallest absolute Gasteiger partial charge is 0.406 e. The highest BCUT2D eigenvalue weighted by atomic mass is 32.1. The number of nitrogens with one attached hydrogen (secondary N) is 1. The third kappa shape index (κ3) is 5.78. The van der Waals surface area contributed by atoms with Crippen LogP contribution in [0.15, 0.2) is 34.6 Å². The van der Waals surface area contributed by atoms with E-state index in [4.69, 9.17) is 5.73 Å². The molecule has 2 aromatic rings. The topological polar surface area (TPSA) is 72.5 Å². The number of benzene rings is 1. The Kier molecular flexibility index (Phi) is 5.43. The van der Waals surface area contributed by atoms with Crippen molar-refractivity contribution in [1.29, 1.82) is 0 Å². The molecule has 2 rings (SSSR count). The number of thiazole rings is 1. The molecule has 23 heavy (non-hydrogen) atoms. The van der Waals surface area contributed by atoms with Gasteiger partial charge in [0.25, 0.3) is 0 Å². The third-order valence-corrected chi connectivity index (χ3v) is 3.72. The maximum atomic E-state index is 12.1. The van der Waals surface area contributed by atoms with Gasteiger partial charge >= 0.3 is 6.36 Å². The highest BCUT2D eigenvalue weighted by molar-refractivity contribution is 7.09. The van der Waals surface area contributed by atoms with Crippen LogP contribution in [0.3, 0.4) is 0 Å². The van der Waals surface area contributed by atoms with Gasteiger partial charge in [0.1, 0.15) is 5.75 Å². The number of hydrogen-bond donors (Lipinski definition) is 2. The van der Waals surface area contributed by atoms with E-state index in [1.54, 1.807) is 11.3 Å². The van der Waals surface area contributed by atoms with E-state index >= 15 is 0 Å². The first-order valence-corrected chi connectivity index (χ1v) is 7.59. The zero-order valence-electron chi connectivity index (χ0n) is 12.2. The number of anilines is 1. The van der Waals surface area contributed by atoms with Crippen LogP contribution in [0.4, 0.5) is 18.9 Å². The van der Waals surface area contributed by atoms with E-state index in [9.17, 15) is 13.2 Å². The molecular weight excluding hydrogens is 329 g/mol. The lowest BCUT2D eigenvalue weighted by atomic mass is 10.3. The molecule has 0 amide bonds. The average Bonchev–Trinajstić information content (AvgIpc) is 2.94. The van der Waals surface area contributed by atoms with Gasteiger partial charge in [0, 0.05) is 11.1 Å². The van der Waals surface area contributed by atoms with Gasteiger partial charge in [-0.2, -0.15) is 0 Å². The predicted molar refractivity (Wildman–Crippen MR) is 83.6 cm³/mol. The molecule has 0 spiro atoms. The number of guanidine groups is 1. The Hall–Kier alpha value is -2.29. The van der Waals surface area contributed by atoms with Crippen LogP contribution < -0.4 is 15.8 Å². The summed E-state index contributed by atoms with van der Waals surface area (Å²) in [5, 5.41) is 5.73. The van der Waals surface area contributed by atoms with Crippen molar-refractivity contribution in [1.82, 2.24) is 4.98 Å². The van der Waals surface area contributed by atoms with Crippen LogP contribution in [0.5, 0.6) is 5.75 Å². The lowest BCUT2D eigenvalue weighted by Gasteiger charge is -2.10. The fourth-order valence-corrected chi connectivity index (χ4v) is 2.41. The highest BCUT2D eigenvalue weighted by Gasteiger charge is 2.30. The third-order valence-electron chi connectivity index (χ3n) is 2.67. The molecule has 0 fully saturated rings. The van der Waals surface area contributed by atoms with Crippen molar-refractivity contribution in [3.8, 4) is 5.75 Å². The van der Waals surface area contributed by atoms with Gasteiger partial charge in [-0.3, -0.25) is 0 Å². The highest BCUT2D eigenvalue weighted by Crippen LogP contribution is 2.23. The molecule has 9 heteroatoms. The molecule has 0 aliphatic carbocycles. The number of aromatic nitrogens is 1. The van der Waals surface area contributed by atoms with Crippen LogP contribution in [0.1, 0.15) is 17.6 Å². The van der Waals surface area contributed by atoms with Gasteiger partial charge in [0.05, 0.1) is 17.2 Å². The molecule has 0 saturated carbocycles. The van der Waals surface area contributed by atoms with Gasteiger partial charge < -0.3 is 15.8 Å². The van der Waals surface area contributed by atoms with Crippen LogP contribution in [-0.2, 0) is 13.0 Å². The number of nitrogens with zero attached hydrogens (tertiary/aromatic N) is 2.